The van der Waals surface area contributed by atoms with Crippen LogP contribution in [0.4, 0.5) is 0 Å². The SMILES string of the molecule is [2H]C(C)(C)c1ccc2c(c1)Cc1c(-c3nc4nnccc4n3-c3ccccc3)[c-]ccc1-2.[Ir].[c-]1ccccc1-c1ccccn1. The van der Waals surface area contributed by atoms with Crippen molar-refractivity contribution >= 4 is 11.2 Å². The molecule has 1 aliphatic carbocycles. The largest absolute Gasteiger partial charge is 0.332 e. The summed E-state index contributed by atoms with van der Waals surface area (Å²) < 4.78 is 10.6. The van der Waals surface area contributed by atoms with Crippen LogP contribution in [-0.4, -0.2) is 24.7 Å². The van der Waals surface area contributed by atoms with Gasteiger partial charge in [-0.15, -0.1) is 70.3 Å². The van der Waals surface area contributed by atoms with Gasteiger partial charge in [0.2, 0.25) is 0 Å². The van der Waals surface area contributed by atoms with Crippen molar-refractivity contribution in [3.8, 4) is 39.5 Å². The van der Waals surface area contributed by atoms with Crippen LogP contribution in [0.15, 0.2) is 122 Å². The van der Waals surface area contributed by atoms with Crippen LogP contribution in [0.1, 0.15) is 37.8 Å². The molecule has 0 amide bonds. The third-order valence-corrected chi connectivity index (χ3v) is 7.68. The number of fused-ring (bicyclic) bond motifs is 4. The Kier molecular flexibility index (Phi) is 8.18. The second-order valence-electron chi connectivity index (χ2n) is 10.6. The molecule has 0 spiro atoms. The van der Waals surface area contributed by atoms with E-state index in [1.807, 2.05) is 86.6 Å². The van der Waals surface area contributed by atoms with Gasteiger partial charge in [0.25, 0.3) is 0 Å². The number of para-hydroxylation sites is 1. The molecule has 3 aromatic heterocycles. The van der Waals surface area contributed by atoms with Crippen LogP contribution in [0.5, 0.6) is 0 Å². The van der Waals surface area contributed by atoms with Crippen LogP contribution in [0.3, 0.4) is 0 Å². The minimum absolute atomic E-state index is 0. The summed E-state index contributed by atoms with van der Waals surface area (Å²) >= 11 is 0. The van der Waals surface area contributed by atoms with Crippen LogP contribution in [0.2, 0.25) is 0 Å². The Morgan fingerprint density at radius 3 is 2.43 bits per heavy atom. The molecule has 1 aliphatic rings. The summed E-state index contributed by atoms with van der Waals surface area (Å²) in [5.41, 5.74) is 11.5. The third kappa shape index (κ3) is 5.62. The first kappa shape index (κ1) is 28.0. The van der Waals surface area contributed by atoms with Gasteiger partial charge in [-0.1, -0.05) is 67.9 Å². The molecule has 0 saturated heterocycles. The minimum Gasteiger partial charge on any atom is -0.332 e. The summed E-state index contributed by atoms with van der Waals surface area (Å²) in [5, 5.41) is 8.31. The Morgan fingerprint density at radius 1 is 0.818 bits per heavy atom. The normalized spacial score (nSPS) is 11.9. The molecule has 7 aromatic rings. The Bertz CT molecular complexity index is 2030. The van der Waals surface area contributed by atoms with Crippen LogP contribution in [-0.2, 0) is 26.5 Å². The first-order chi connectivity index (χ1) is 21.5. The minimum atomic E-state index is -0.626. The first-order valence-corrected chi connectivity index (χ1v) is 14.3. The molecule has 0 fully saturated rings. The molecule has 6 heteroatoms. The molecule has 1 radical (unpaired) electrons. The number of rotatable bonds is 4. The fourth-order valence-corrected chi connectivity index (χ4v) is 5.59. The summed E-state index contributed by atoms with van der Waals surface area (Å²) in [5.74, 6) is 0.191. The molecule has 5 nitrogen and oxygen atoms in total. The number of benzene rings is 4. The maximum absolute atomic E-state index is 8.43. The predicted molar refractivity (Wildman–Crippen MR) is 172 cm³/mol. The molecule has 0 N–H and O–H groups in total. The Labute approximate surface area is 272 Å². The van der Waals surface area contributed by atoms with E-state index in [1.165, 1.54) is 22.3 Å². The second-order valence-corrected chi connectivity index (χ2v) is 10.6. The van der Waals surface area contributed by atoms with E-state index < -0.39 is 5.89 Å². The van der Waals surface area contributed by atoms with Crippen LogP contribution < -0.4 is 0 Å². The van der Waals surface area contributed by atoms with Gasteiger partial charge in [-0.2, -0.15) is 5.10 Å². The van der Waals surface area contributed by atoms with E-state index in [1.54, 1.807) is 12.4 Å². The van der Waals surface area contributed by atoms with E-state index in [9.17, 15) is 0 Å². The van der Waals surface area contributed by atoms with Crippen molar-refractivity contribution in [2.24, 2.45) is 0 Å². The van der Waals surface area contributed by atoms with Crippen molar-refractivity contribution < 1.29 is 21.5 Å². The van der Waals surface area contributed by atoms with Gasteiger partial charge in [-0.05, 0) is 59.0 Å². The zero-order valence-electron chi connectivity index (χ0n) is 25.3. The number of nitrogens with zero attached hydrogens (tertiary/aromatic N) is 5. The van der Waals surface area contributed by atoms with Crippen LogP contribution in [0.25, 0.3) is 50.6 Å². The average Bonchev–Trinajstić information content (AvgIpc) is 3.64. The molecule has 217 valence electrons. The van der Waals surface area contributed by atoms with Crippen LogP contribution >= 0.6 is 0 Å². The van der Waals surface area contributed by atoms with E-state index in [0.717, 1.165) is 45.8 Å². The molecule has 8 rings (SSSR count). The maximum atomic E-state index is 8.43. The summed E-state index contributed by atoms with van der Waals surface area (Å²) in [4.78, 5) is 9.10. The number of imidazole rings is 1. The van der Waals surface area contributed by atoms with Crippen molar-refractivity contribution in [1.82, 2.24) is 24.7 Å². The second kappa shape index (κ2) is 12.8. The topological polar surface area (TPSA) is 56.5 Å². The number of aromatic nitrogens is 5. The molecule has 4 aromatic carbocycles. The summed E-state index contributed by atoms with van der Waals surface area (Å²) in [6.07, 6.45) is 4.29. The monoisotopic (exact) mass is 749 g/mol. The fourth-order valence-electron chi connectivity index (χ4n) is 5.59. The number of hydrogen-bond donors (Lipinski definition) is 0. The first-order valence-electron chi connectivity index (χ1n) is 14.8. The van der Waals surface area contributed by atoms with Gasteiger partial charge in [0.1, 0.15) is 0 Å². The van der Waals surface area contributed by atoms with Gasteiger partial charge < -0.3 is 9.55 Å². The smallest absolute Gasteiger partial charge is 0.190 e. The zero-order chi connectivity index (χ0) is 30.1. The molecule has 0 bridgehead atoms. The van der Waals surface area contributed by atoms with Gasteiger partial charge in [0.05, 0.1) is 17.5 Å². The van der Waals surface area contributed by atoms with Crippen molar-refractivity contribution in [3.05, 3.63) is 150 Å². The van der Waals surface area contributed by atoms with E-state index in [2.05, 4.69) is 68.3 Å². The predicted octanol–water partition coefficient (Wildman–Crippen LogP) is 8.52. The molecule has 0 saturated carbocycles. The van der Waals surface area contributed by atoms with E-state index >= 15 is 0 Å². The fraction of sp³-hybridized carbons (Fsp3) is 0.105. The van der Waals surface area contributed by atoms with Gasteiger partial charge in [-0.3, -0.25) is 4.98 Å². The van der Waals surface area contributed by atoms with Crippen molar-refractivity contribution in [2.75, 3.05) is 0 Å². The molecule has 0 unspecified atom stereocenters. The Balaban J connectivity index is 0.000000231. The van der Waals surface area contributed by atoms with Crippen LogP contribution in [0, 0.1) is 12.1 Å². The van der Waals surface area contributed by atoms with E-state index in [-0.39, 0.29) is 20.1 Å². The zero-order valence-corrected chi connectivity index (χ0v) is 26.7. The maximum Gasteiger partial charge on any atom is 0.190 e. The van der Waals surface area contributed by atoms with Gasteiger partial charge >= 0.3 is 0 Å². The molecule has 44 heavy (non-hydrogen) atoms. The summed E-state index contributed by atoms with van der Waals surface area (Å²) in [7, 11) is 0. The van der Waals surface area contributed by atoms with Gasteiger partial charge in [0, 0.05) is 33.4 Å². The number of hydrogen-bond acceptors (Lipinski definition) is 4. The summed E-state index contributed by atoms with van der Waals surface area (Å²) in [6.45, 7) is 3.86. The Morgan fingerprint density at radius 2 is 1.66 bits per heavy atom. The molecule has 0 aliphatic heterocycles. The van der Waals surface area contributed by atoms with E-state index in [4.69, 9.17) is 6.35 Å². The standard InChI is InChI=1S/C27H21N4.C11H8N.Ir/c1-17(2)18-11-12-21-19(15-18)16-24-22(21)9-6-10-23(24)27-29-26-25(13-14-28-30-26)31(27)20-7-4-3-5-8-20;1-2-6-10(7-3-1)11-8-4-5-9-12-11;/h3-9,11-15,17H,16H2,1-2H3;1-6,8-9H;/q2*-1;/i17D;;. The third-order valence-electron chi connectivity index (χ3n) is 7.68. The van der Waals surface area contributed by atoms with Gasteiger partial charge in [0.15, 0.2) is 5.65 Å². The molecular formula is C38H29IrN5-2. The molecule has 0 atom stereocenters. The van der Waals surface area contributed by atoms with Crippen molar-refractivity contribution in [1.29, 1.82) is 0 Å². The van der Waals surface area contributed by atoms with Gasteiger partial charge in [-0.25, -0.2) is 0 Å². The van der Waals surface area contributed by atoms with Crippen molar-refractivity contribution in [3.63, 3.8) is 0 Å². The average molecular weight is 749 g/mol. The van der Waals surface area contributed by atoms with Crippen molar-refractivity contribution in [2.45, 2.75) is 26.2 Å². The molecule has 3 heterocycles. The Hall–Kier alpha value is -4.77. The quantitative estimate of drug-likeness (QED) is 0.170. The number of pyridine rings is 1. The molecular weight excluding hydrogens is 719 g/mol. The summed E-state index contributed by atoms with van der Waals surface area (Å²) in [6, 6.07) is 43.0. The van der Waals surface area contributed by atoms with E-state index in [0.29, 0.717) is 5.65 Å².